The van der Waals surface area contributed by atoms with E-state index in [0.717, 1.165) is 12.1 Å². The van der Waals surface area contributed by atoms with E-state index >= 15 is 0 Å². The fraction of sp³-hybridized carbons (Fsp3) is 0.130. The number of halogens is 1. The van der Waals surface area contributed by atoms with Crippen molar-refractivity contribution in [2.75, 3.05) is 6.54 Å². The van der Waals surface area contributed by atoms with Gasteiger partial charge in [-0.05, 0) is 52.4 Å². The zero-order valence-electron chi connectivity index (χ0n) is 14.2. The van der Waals surface area contributed by atoms with Crippen LogP contribution >= 0.6 is 0 Å². The van der Waals surface area contributed by atoms with E-state index in [0.29, 0.717) is 0 Å². The van der Waals surface area contributed by atoms with Gasteiger partial charge in [0.15, 0.2) is 0 Å². The van der Waals surface area contributed by atoms with Crippen LogP contribution in [0.2, 0.25) is 0 Å². The largest absolute Gasteiger partial charge is 0.307 e. The van der Waals surface area contributed by atoms with Gasteiger partial charge in [0, 0.05) is 12.6 Å². The van der Waals surface area contributed by atoms with E-state index in [1.54, 1.807) is 0 Å². The maximum Gasteiger partial charge on any atom is 0.123 e. The molecule has 0 aromatic heterocycles. The van der Waals surface area contributed by atoms with Gasteiger partial charge in [-0.1, -0.05) is 66.7 Å². The Morgan fingerprint density at radius 1 is 0.800 bits per heavy atom. The molecule has 4 rings (SSSR count). The molecule has 1 N–H and O–H groups in total. The first-order valence-electron chi connectivity index (χ1n) is 8.62. The monoisotopic (exact) mass is 329 g/mol. The second-order valence-electron chi connectivity index (χ2n) is 6.39. The van der Waals surface area contributed by atoms with Crippen molar-refractivity contribution in [1.82, 2.24) is 5.32 Å². The normalized spacial score (nSPS) is 13.3. The Morgan fingerprint density at radius 3 is 1.88 bits per heavy atom. The van der Waals surface area contributed by atoms with Crippen LogP contribution in [0.4, 0.5) is 4.39 Å². The quantitative estimate of drug-likeness (QED) is 0.515. The van der Waals surface area contributed by atoms with E-state index in [1.807, 2.05) is 12.1 Å². The molecule has 3 aromatic carbocycles. The van der Waals surface area contributed by atoms with Crippen LogP contribution in [0, 0.1) is 5.82 Å². The SMILES string of the molecule is CC(NCC=C1c2ccccc2-c2ccccc21)c1ccc(F)cc1. The molecule has 0 fully saturated rings. The highest BCUT2D eigenvalue weighted by atomic mass is 19.1. The standard InChI is InChI=1S/C23H20FN/c1-16(17-10-12-18(24)13-11-17)25-15-14-23-21-8-4-2-6-19(21)20-7-3-5-9-22(20)23/h2-14,16,25H,15H2,1H3. The Hall–Kier alpha value is -2.71. The summed E-state index contributed by atoms with van der Waals surface area (Å²) in [6.07, 6.45) is 2.25. The summed E-state index contributed by atoms with van der Waals surface area (Å²) in [5.41, 5.74) is 7.56. The highest BCUT2D eigenvalue weighted by Crippen LogP contribution is 2.43. The molecule has 0 bridgehead atoms. The van der Waals surface area contributed by atoms with Crippen molar-refractivity contribution in [3.63, 3.8) is 0 Å². The molecule has 0 spiro atoms. The second-order valence-corrected chi connectivity index (χ2v) is 6.39. The molecule has 1 unspecified atom stereocenters. The molecule has 1 aliphatic carbocycles. The molecule has 25 heavy (non-hydrogen) atoms. The molecule has 1 aliphatic rings. The Labute approximate surface area is 147 Å². The van der Waals surface area contributed by atoms with E-state index in [4.69, 9.17) is 0 Å². The van der Waals surface area contributed by atoms with Crippen LogP contribution in [-0.4, -0.2) is 6.54 Å². The summed E-state index contributed by atoms with van der Waals surface area (Å²) in [6, 6.07) is 24.0. The molecule has 1 atom stereocenters. The van der Waals surface area contributed by atoms with E-state index in [-0.39, 0.29) is 11.9 Å². The fourth-order valence-corrected chi connectivity index (χ4v) is 3.48. The minimum Gasteiger partial charge on any atom is -0.307 e. The third-order valence-corrected chi connectivity index (χ3v) is 4.82. The predicted octanol–water partition coefficient (Wildman–Crippen LogP) is 5.59. The fourth-order valence-electron chi connectivity index (χ4n) is 3.48. The summed E-state index contributed by atoms with van der Waals surface area (Å²) in [6.45, 7) is 2.86. The lowest BCUT2D eigenvalue weighted by Crippen LogP contribution is -2.18. The van der Waals surface area contributed by atoms with Crippen LogP contribution in [0.5, 0.6) is 0 Å². The zero-order valence-corrected chi connectivity index (χ0v) is 14.2. The zero-order chi connectivity index (χ0) is 17.2. The average Bonchev–Trinajstić information content (AvgIpc) is 2.97. The van der Waals surface area contributed by atoms with Crippen molar-refractivity contribution in [2.45, 2.75) is 13.0 Å². The third-order valence-electron chi connectivity index (χ3n) is 4.82. The molecule has 0 aliphatic heterocycles. The van der Waals surface area contributed by atoms with Gasteiger partial charge in [0.05, 0.1) is 0 Å². The molecular formula is C23H20FN. The maximum absolute atomic E-state index is 13.1. The lowest BCUT2D eigenvalue weighted by atomic mass is 10.0. The van der Waals surface area contributed by atoms with Gasteiger partial charge >= 0.3 is 0 Å². The van der Waals surface area contributed by atoms with Gasteiger partial charge in [-0.2, -0.15) is 0 Å². The highest BCUT2D eigenvalue weighted by Gasteiger charge is 2.21. The molecule has 0 saturated carbocycles. The summed E-state index contributed by atoms with van der Waals surface area (Å²) < 4.78 is 13.1. The Balaban J connectivity index is 1.56. The summed E-state index contributed by atoms with van der Waals surface area (Å²) in [5, 5.41) is 3.51. The van der Waals surface area contributed by atoms with Gasteiger partial charge in [-0.15, -0.1) is 0 Å². The van der Waals surface area contributed by atoms with Gasteiger partial charge in [-0.25, -0.2) is 4.39 Å². The van der Waals surface area contributed by atoms with Crippen molar-refractivity contribution in [1.29, 1.82) is 0 Å². The first-order valence-corrected chi connectivity index (χ1v) is 8.62. The predicted molar refractivity (Wildman–Crippen MR) is 102 cm³/mol. The lowest BCUT2D eigenvalue weighted by molar-refractivity contribution is 0.606. The molecule has 0 radical (unpaired) electrons. The van der Waals surface area contributed by atoms with Crippen molar-refractivity contribution < 1.29 is 4.39 Å². The molecule has 0 saturated heterocycles. The van der Waals surface area contributed by atoms with Gasteiger partial charge in [0.25, 0.3) is 0 Å². The van der Waals surface area contributed by atoms with E-state index < -0.39 is 0 Å². The first kappa shape index (κ1) is 15.8. The number of benzene rings is 3. The van der Waals surface area contributed by atoms with E-state index in [2.05, 4.69) is 66.8 Å². The minimum absolute atomic E-state index is 0.171. The molecule has 1 nitrogen and oxygen atoms in total. The maximum atomic E-state index is 13.1. The highest BCUT2D eigenvalue weighted by molar-refractivity contribution is 6.01. The van der Waals surface area contributed by atoms with E-state index in [1.165, 1.54) is 40.0 Å². The number of nitrogens with one attached hydrogen (secondary N) is 1. The number of hydrogen-bond acceptors (Lipinski definition) is 1. The van der Waals surface area contributed by atoms with Gasteiger partial charge in [0.2, 0.25) is 0 Å². The number of rotatable bonds is 4. The van der Waals surface area contributed by atoms with Crippen molar-refractivity contribution >= 4 is 5.57 Å². The molecule has 3 aromatic rings. The first-order chi connectivity index (χ1) is 12.2. The lowest BCUT2D eigenvalue weighted by Gasteiger charge is -2.13. The van der Waals surface area contributed by atoms with Crippen LogP contribution < -0.4 is 5.32 Å². The van der Waals surface area contributed by atoms with Crippen molar-refractivity contribution in [3.8, 4) is 11.1 Å². The van der Waals surface area contributed by atoms with Crippen LogP contribution in [-0.2, 0) is 0 Å². The smallest absolute Gasteiger partial charge is 0.123 e. The molecule has 2 heteroatoms. The molecule has 0 amide bonds. The Bertz CT molecular complexity index is 877. The van der Waals surface area contributed by atoms with Gasteiger partial charge in [-0.3, -0.25) is 0 Å². The number of fused-ring (bicyclic) bond motifs is 3. The summed E-state index contributed by atoms with van der Waals surface area (Å²) in [5.74, 6) is -0.197. The Morgan fingerprint density at radius 2 is 1.32 bits per heavy atom. The molecule has 124 valence electrons. The van der Waals surface area contributed by atoms with E-state index in [9.17, 15) is 4.39 Å². The number of hydrogen-bond donors (Lipinski definition) is 1. The Kier molecular flexibility index (Phi) is 4.21. The molecular weight excluding hydrogens is 309 g/mol. The summed E-state index contributed by atoms with van der Waals surface area (Å²) >= 11 is 0. The van der Waals surface area contributed by atoms with Crippen LogP contribution in [0.3, 0.4) is 0 Å². The van der Waals surface area contributed by atoms with Gasteiger partial charge in [0.1, 0.15) is 5.82 Å². The second kappa shape index (κ2) is 6.66. The molecule has 0 heterocycles. The third kappa shape index (κ3) is 3.01. The van der Waals surface area contributed by atoms with Crippen LogP contribution in [0.25, 0.3) is 16.7 Å². The van der Waals surface area contributed by atoms with Crippen molar-refractivity contribution in [3.05, 3.63) is 101 Å². The minimum atomic E-state index is -0.197. The summed E-state index contributed by atoms with van der Waals surface area (Å²) in [4.78, 5) is 0. The topological polar surface area (TPSA) is 12.0 Å². The van der Waals surface area contributed by atoms with Gasteiger partial charge < -0.3 is 5.32 Å². The average molecular weight is 329 g/mol. The van der Waals surface area contributed by atoms with Crippen molar-refractivity contribution in [2.24, 2.45) is 0 Å². The summed E-state index contributed by atoms with van der Waals surface area (Å²) in [7, 11) is 0. The van der Waals surface area contributed by atoms with Crippen LogP contribution in [0.15, 0.2) is 78.9 Å². The van der Waals surface area contributed by atoms with Crippen LogP contribution in [0.1, 0.15) is 29.7 Å².